The lowest BCUT2D eigenvalue weighted by molar-refractivity contribution is -0.227. The number of aliphatic hydroxyl groups is 1. The molecule has 0 amide bonds. The van der Waals surface area contributed by atoms with Crippen LogP contribution in [0.1, 0.15) is 52.4 Å². The molecule has 158 valence electrons. The SMILES string of the molecule is C=CC[C@@H]1O[C@@H]([C@H](O)COC(C)=O)[C@H]2OC3(CCCCC3)O[C@H]2[C@H]1OC(C)=O. The second kappa shape index (κ2) is 8.90. The molecule has 3 rings (SSSR count). The van der Waals surface area contributed by atoms with Crippen LogP contribution in [-0.2, 0) is 33.3 Å². The lowest BCUT2D eigenvalue weighted by Gasteiger charge is -2.42. The Kier molecular flexibility index (Phi) is 6.75. The number of carbonyl (C=O) groups is 2. The third-order valence-electron chi connectivity index (χ3n) is 5.52. The van der Waals surface area contributed by atoms with Gasteiger partial charge in [-0.1, -0.05) is 12.5 Å². The van der Waals surface area contributed by atoms with Gasteiger partial charge in [0.15, 0.2) is 11.9 Å². The van der Waals surface area contributed by atoms with Gasteiger partial charge in [-0.05, 0) is 19.3 Å². The van der Waals surface area contributed by atoms with Gasteiger partial charge in [-0.2, -0.15) is 0 Å². The number of hydrogen-bond donors (Lipinski definition) is 1. The van der Waals surface area contributed by atoms with E-state index in [4.69, 9.17) is 23.7 Å². The van der Waals surface area contributed by atoms with Crippen molar-refractivity contribution in [3.05, 3.63) is 12.7 Å². The summed E-state index contributed by atoms with van der Waals surface area (Å²) in [5.74, 6) is -1.68. The highest BCUT2D eigenvalue weighted by molar-refractivity contribution is 5.66. The number of rotatable bonds is 6. The van der Waals surface area contributed by atoms with Gasteiger partial charge in [-0.15, -0.1) is 6.58 Å². The molecular weight excluding hydrogens is 368 g/mol. The van der Waals surface area contributed by atoms with Gasteiger partial charge in [0.2, 0.25) is 0 Å². The highest BCUT2D eigenvalue weighted by atomic mass is 16.8. The second-order valence-electron chi connectivity index (χ2n) is 7.74. The molecule has 0 radical (unpaired) electrons. The monoisotopic (exact) mass is 398 g/mol. The highest BCUT2D eigenvalue weighted by Gasteiger charge is 2.60. The molecule has 1 aliphatic carbocycles. The second-order valence-corrected chi connectivity index (χ2v) is 7.74. The first-order valence-corrected chi connectivity index (χ1v) is 9.96. The fourth-order valence-corrected chi connectivity index (χ4v) is 4.36. The van der Waals surface area contributed by atoms with Gasteiger partial charge in [-0.25, -0.2) is 0 Å². The van der Waals surface area contributed by atoms with Gasteiger partial charge in [0.1, 0.15) is 37.1 Å². The van der Waals surface area contributed by atoms with Crippen molar-refractivity contribution < 1.29 is 38.4 Å². The maximum absolute atomic E-state index is 11.7. The molecule has 1 spiro atoms. The molecular formula is C20H30O8. The molecule has 0 bridgehead atoms. The quantitative estimate of drug-likeness (QED) is 0.532. The van der Waals surface area contributed by atoms with Crippen molar-refractivity contribution in [2.24, 2.45) is 0 Å². The minimum atomic E-state index is -1.09. The summed E-state index contributed by atoms with van der Waals surface area (Å²) >= 11 is 0. The van der Waals surface area contributed by atoms with Gasteiger partial charge in [0.05, 0.1) is 0 Å². The summed E-state index contributed by atoms with van der Waals surface area (Å²) in [5.41, 5.74) is 0. The molecule has 0 aromatic heterocycles. The van der Waals surface area contributed by atoms with Gasteiger partial charge < -0.3 is 28.8 Å². The smallest absolute Gasteiger partial charge is 0.303 e. The van der Waals surface area contributed by atoms with E-state index in [1.165, 1.54) is 13.8 Å². The van der Waals surface area contributed by atoms with Crippen LogP contribution in [0.3, 0.4) is 0 Å². The fraction of sp³-hybridized carbons (Fsp3) is 0.800. The molecule has 2 heterocycles. The molecule has 0 aromatic carbocycles. The molecule has 3 fully saturated rings. The van der Waals surface area contributed by atoms with Crippen molar-refractivity contribution in [1.29, 1.82) is 0 Å². The molecule has 1 N–H and O–H groups in total. The van der Waals surface area contributed by atoms with Gasteiger partial charge in [0, 0.05) is 26.7 Å². The number of hydrogen-bond acceptors (Lipinski definition) is 8. The number of ether oxygens (including phenoxy) is 5. The van der Waals surface area contributed by atoms with Crippen LogP contribution in [-0.4, -0.2) is 66.1 Å². The normalized spacial score (nSPS) is 35.0. The molecule has 0 aromatic rings. The number of esters is 2. The lowest BCUT2D eigenvalue weighted by Crippen LogP contribution is -2.61. The molecule has 1 saturated carbocycles. The van der Waals surface area contributed by atoms with Crippen LogP contribution < -0.4 is 0 Å². The Morgan fingerprint density at radius 3 is 2.46 bits per heavy atom. The maximum Gasteiger partial charge on any atom is 0.303 e. The van der Waals surface area contributed by atoms with E-state index in [1.54, 1.807) is 6.08 Å². The van der Waals surface area contributed by atoms with Crippen molar-refractivity contribution in [2.45, 2.75) is 94.8 Å². The highest BCUT2D eigenvalue weighted by Crippen LogP contribution is 2.46. The third-order valence-corrected chi connectivity index (χ3v) is 5.52. The molecule has 8 heteroatoms. The first-order chi connectivity index (χ1) is 13.3. The number of aliphatic hydroxyl groups excluding tert-OH is 1. The zero-order chi connectivity index (χ0) is 20.3. The van der Waals surface area contributed by atoms with E-state index in [0.29, 0.717) is 6.42 Å². The van der Waals surface area contributed by atoms with E-state index in [9.17, 15) is 14.7 Å². The Bertz CT molecular complexity index is 585. The van der Waals surface area contributed by atoms with E-state index < -0.39 is 54.3 Å². The molecule has 28 heavy (non-hydrogen) atoms. The first kappa shape index (κ1) is 21.2. The zero-order valence-corrected chi connectivity index (χ0v) is 16.5. The zero-order valence-electron chi connectivity index (χ0n) is 16.5. The Labute approximate surface area is 165 Å². The van der Waals surface area contributed by atoms with E-state index in [-0.39, 0.29) is 6.61 Å². The van der Waals surface area contributed by atoms with Gasteiger partial charge >= 0.3 is 11.9 Å². The maximum atomic E-state index is 11.7. The lowest BCUT2D eigenvalue weighted by atomic mass is 9.91. The summed E-state index contributed by atoms with van der Waals surface area (Å²) in [4.78, 5) is 22.8. The van der Waals surface area contributed by atoms with Crippen LogP contribution in [0.5, 0.6) is 0 Å². The minimum Gasteiger partial charge on any atom is -0.463 e. The average Bonchev–Trinajstić information content (AvgIpc) is 3.00. The summed E-state index contributed by atoms with van der Waals surface area (Å²) in [5, 5.41) is 10.6. The molecule has 3 aliphatic rings. The van der Waals surface area contributed by atoms with Crippen molar-refractivity contribution in [1.82, 2.24) is 0 Å². The fourth-order valence-electron chi connectivity index (χ4n) is 4.36. The Morgan fingerprint density at radius 1 is 1.18 bits per heavy atom. The predicted octanol–water partition coefficient (Wildman–Crippen LogP) is 1.63. The summed E-state index contributed by atoms with van der Waals surface area (Å²) < 4.78 is 29.3. The van der Waals surface area contributed by atoms with Crippen LogP contribution in [0.4, 0.5) is 0 Å². The van der Waals surface area contributed by atoms with E-state index in [2.05, 4.69) is 6.58 Å². The predicted molar refractivity (Wildman–Crippen MR) is 97.2 cm³/mol. The summed E-state index contributed by atoms with van der Waals surface area (Å²) in [7, 11) is 0. The van der Waals surface area contributed by atoms with Crippen molar-refractivity contribution in [3.8, 4) is 0 Å². The first-order valence-electron chi connectivity index (χ1n) is 9.96. The summed E-state index contributed by atoms with van der Waals surface area (Å²) in [6.45, 7) is 6.15. The van der Waals surface area contributed by atoms with E-state index in [1.807, 2.05) is 0 Å². The number of carbonyl (C=O) groups excluding carboxylic acids is 2. The molecule has 8 nitrogen and oxygen atoms in total. The van der Waals surface area contributed by atoms with Crippen molar-refractivity contribution in [3.63, 3.8) is 0 Å². The van der Waals surface area contributed by atoms with Gasteiger partial charge in [0.25, 0.3) is 0 Å². The number of fused-ring (bicyclic) bond motifs is 1. The standard InChI is InChI=1S/C20H30O8/c1-4-8-15-17(25-13(3)22)19-18(16(26-15)14(23)11-24-12(2)21)27-20(28-19)9-6-5-7-10-20/h4,14-19,23H,1,5-11H2,2-3H3/t14-,15+,16+,17+,18-,19+/m1/s1. The Hall–Kier alpha value is -1.48. The largest absolute Gasteiger partial charge is 0.463 e. The van der Waals surface area contributed by atoms with E-state index in [0.717, 1.165) is 32.1 Å². The molecule has 0 unspecified atom stereocenters. The molecule has 6 atom stereocenters. The molecule has 2 saturated heterocycles. The average molecular weight is 398 g/mol. The Morgan fingerprint density at radius 2 is 1.86 bits per heavy atom. The summed E-state index contributed by atoms with van der Waals surface area (Å²) in [6.07, 6.45) is 2.37. The summed E-state index contributed by atoms with van der Waals surface area (Å²) in [6, 6.07) is 0. The topological polar surface area (TPSA) is 101 Å². The van der Waals surface area contributed by atoms with Crippen LogP contribution in [0, 0.1) is 0 Å². The Balaban J connectivity index is 1.86. The van der Waals surface area contributed by atoms with Crippen molar-refractivity contribution in [2.75, 3.05) is 6.61 Å². The minimum absolute atomic E-state index is 0.210. The van der Waals surface area contributed by atoms with Gasteiger partial charge in [-0.3, -0.25) is 9.59 Å². The van der Waals surface area contributed by atoms with Crippen LogP contribution in [0.2, 0.25) is 0 Å². The van der Waals surface area contributed by atoms with Crippen LogP contribution in [0.15, 0.2) is 12.7 Å². The van der Waals surface area contributed by atoms with Crippen LogP contribution >= 0.6 is 0 Å². The van der Waals surface area contributed by atoms with Crippen molar-refractivity contribution >= 4 is 11.9 Å². The van der Waals surface area contributed by atoms with Crippen LogP contribution in [0.25, 0.3) is 0 Å². The molecule has 2 aliphatic heterocycles. The van der Waals surface area contributed by atoms with E-state index >= 15 is 0 Å². The third kappa shape index (κ3) is 4.56.